The fourth-order valence-corrected chi connectivity index (χ4v) is 2.13. The first-order valence-corrected chi connectivity index (χ1v) is 6.23. The molecule has 2 rings (SSSR count). The van der Waals surface area contributed by atoms with Crippen LogP contribution >= 0.6 is 0 Å². The Morgan fingerprint density at radius 2 is 1.28 bits per heavy atom. The van der Waals surface area contributed by atoms with Crippen molar-refractivity contribution < 1.29 is 5.11 Å². The number of hydrogen-bond donors (Lipinski definition) is 2. The van der Waals surface area contributed by atoms with Crippen molar-refractivity contribution in [2.75, 3.05) is 0 Å². The Morgan fingerprint density at radius 3 is 1.78 bits per heavy atom. The molecule has 0 heterocycles. The molecule has 0 aromatic heterocycles. The van der Waals surface area contributed by atoms with Crippen molar-refractivity contribution in [2.24, 2.45) is 11.7 Å². The molecule has 0 bridgehead atoms. The Balaban J connectivity index is 2.14. The lowest BCUT2D eigenvalue weighted by Crippen LogP contribution is -2.24. The van der Waals surface area contributed by atoms with Crippen molar-refractivity contribution in [3.05, 3.63) is 71.8 Å². The molecule has 3 atom stereocenters. The molecule has 0 aliphatic rings. The SMILES string of the molecule is C[C@H]([C@@H](N)c1ccccc1)[C@@H](O)c1ccccc1. The minimum atomic E-state index is -0.540. The Labute approximate surface area is 108 Å². The Bertz CT molecular complexity index is 423. The van der Waals surface area contributed by atoms with Gasteiger partial charge in [-0.3, -0.25) is 0 Å². The molecule has 0 spiro atoms. The van der Waals surface area contributed by atoms with Crippen molar-refractivity contribution in [1.82, 2.24) is 0 Å². The van der Waals surface area contributed by atoms with Crippen LogP contribution in [0, 0.1) is 5.92 Å². The average Bonchev–Trinajstić information content (AvgIpc) is 2.47. The molecule has 0 amide bonds. The summed E-state index contributed by atoms with van der Waals surface area (Å²) in [6.45, 7) is 1.98. The highest BCUT2D eigenvalue weighted by Crippen LogP contribution is 2.30. The van der Waals surface area contributed by atoms with Gasteiger partial charge in [0.2, 0.25) is 0 Å². The van der Waals surface area contributed by atoms with Crippen LogP contribution in [0.2, 0.25) is 0 Å². The number of rotatable bonds is 4. The predicted molar refractivity (Wildman–Crippen MR) is 73.9 cm³/mol. The maximum absolute atomic E-state index is 10.3. The topological polar surface area (TPSA) is 46.2 Å². The first-order valence-electron chi connectivity index (χ1n) is 6.23. The molecule has 3 N–H and O–H groups in total. The van der Waals surface area contributed by atoms with E-state index in [4.69, 9.17) is 5.73 Å². The van der Waals surface area contributed by atoms with Gasteiger partial charge in [0.25, 0.3) is 0 Å². The number of benzene rings is 2. The largest absolute Gasteiger partial charge is 0.388 e. The quantitative estimate of drug-likeness (QED) is 0.864. The van der Waals surface area contributed by atoms with E-state index in [2.05, 4.69) is 0 Å². The van der Waals surface area contributed by atoms with Crippen LogP contribution in [0.4, 0.5) is 0 Å². The van der Waals surface area contributed by atoms with Crippen LogP contribution in [-0.2, 0) is 0 Å². The van der Waals surface area contributed by atoms with E-state index in [1.807, 2.05) is 67.6 Å². The lowest BCUT2D eigenvalue weighted by atomic mass is 9.87. The van der Waals surface area contributed by atoms with Gasteiger partial charge in [-0.2, -0.15) is 0 Å². The van der Waals surface area contributed by atoms with Crippen molar-refractivity contribution >= 4 is 0 Å². The average molecular weight is 241 g/mol. The van der Waals surface area contributed by atoms with E-state index in [1.54, 1.807) is 0 Å². The molecule has 0 saturated carbocycles. The van der Waals surface area contributed by atoms with Crippen LogP contribution < -0.4 is 5.73 Å². The Kier molecular flexibility index (Phi) is 4.13. The molecule has 2 heteroatoms. The van der Waals surface area contributed by atoms with E-state index in [9.17, 15) is 5.11 Å². The molecule has 0 saturated heterocycles. The zero-order valence-corrected chi connectivity index (χ0v) is 10.5. The molecule has 94 valence electrons. The van der Waals surface area contributed by atoms with Gasteiger partial charge < -0.3 is 10.8 Å². The van der Waals surface area contributed by atoms with Gasteiger partial charge in [0.1, 0.15) is 0 Å². The molecule has 0 fully saturated rings. The Morgan fingerprint density at radius 1 is 0.833 bits per heavy atom. The second-order valence-electron chi connectivity index (χ2n) is 4.65. The van der Waals surface area contributed by atoms with E-state index in [0.717, 1.165) is 11.1 Å². The standard InChI is InChI=1S/C16H19NO/c1-12(15(17)13-8-4-2-5-9-13)16(18)14-10-6-3-7-11-14/h2-12,15-16,18H,17H2,1H3/t12-,15-,16-/m1/s1. The highest BCUT2D eigenvalue weighted by Gasteiger charge is 2.23. The summed E-state index contributed by atoms with van der Waals surface area (Å²) in [6, 6.07) is 19.4. The third kappa shape index (κ3) is 2.78. The predicted octanol–water partition coefficient (Wildman–Crippen LogP) is 3.06. The lowest BCUT2D eigenvalue weighted by Gasteiger charge is -2.25. The van der Waals surface area contributed by atoms with Gasteiger partial charge in [-0.05, 0) is 11.1 Å². The zero-order chi connectivity index (χ0) is 13.0. The summed E-state index contributed by atoms with van der Waals surface area (Å²) >= 11 is 0. The molecule has 2 aromatic carbocycles. The summed E-state index contributed by atoms with van der Waals surface area (Å²) in [5, 5.41) is 10.3. The van der Waals surface area contributed by atoms with Gasteiger partial charge in [0, 0.05) is 12.0 Å². The van der Waals surface area contributed by atoms with Crippen LogP contribution in [0.15, 0.2) is 60.7 Å². The van der Waals surface area contributed by atoms with Gasteiger partial charge >= 0.3 is 0 Å². The van der Waals surface area contributed by atoms with Crippen LogP contribution in [0.5, 0.6) is 0 Å². The highest BCUT2D eigenvalue weighted by molar-refractivity contribution is 5.22. The molecular weight excluding hydrogens is 222 g/mol. The molecule has 0 aliphatic heterocycles. The summed E-state index contributed by atoms with van der Waals surface area (Å²) in [5.41, 5.74) is 8.19. The smallest absolute Gasteiger partial charge is 0.0833 e. The van der Waals surface area contributed by atoms with E-state index < -0.39 is 6.10 Å². The number of hydrogen-bond acceptors (Lipinski definition) is 2. The summed E-state index contributed by atoms with van der Waals surface area (Å²) in [7, 11) is 0. The van der Waals surface area contributed by atoms with Crippen LogP contribution in [0.25, 0.3) is 0 Å². The zero-order valence-electron chi connectivity index (χ0n) is 10.5. The third-order valence-corrected chi connectivity index (χ3v) is 3.39. The van der Waals surface area contributed by atoms with Gasteiger partial charge in [0.05, 0.1) is 6.10 Å². The Hall–Kier alpha value is -1.64. The van der Waals surface area contributed by atoms with Gasteiger partial charge in [0.15, 0.2) is 0 Å². The number of nitrogens with two attached hydrogens (primary N) is 1. The molecule has 18 heavy (non-hydrogen) atoms. The maximum Gasteiger partial charge on any atom is 0.0833 e. The van der Waals surface area contributed by atoms with Crippen molar-refractivity contribution in [3.63, 3.8) is 0 Å². The van der Waals surface area contributed by atoms with Gasteiger partial charge in [-0.1, -0.05) is 67.6 Å². The fraction of sp³-hybridized carbons (Fsp3) is 0.250. The van der Waals surface area contributed by atoms with Gasteiger partial charge in [-0.15, -0.1) is 0 Å². The van der Waals surface area contributed by atoms with E-state index in [-0.39, 0.29) is 12.0 Å². The minimum absolute atomic E-state index is 0.0326. The second-order valence-corrected chi connectivity index (χ2v) is 4.65. The van der Waals surface area contributed by atoms with Crippen molar-refractivity contribution in [1.29, 1.82) is 0 Å². The number of aliphatic hydroxyl groups is 1. The summed E-state index contributed by atoms with van der Waals surface area (Å²) in [4.78, 5) is 0. The first kappa shape index (κ1) is 12.8. The van der Waals surface area contributed by atoms with E-state index in [1.165, 1.54) is 0 Å². The minimum Gasteiger partial charge on any atom is -0.388 e. The molecule has 2 nitrogen and oxygen atoms in total. The molecule has 0 aliphatic carbocycles. The lowest BCUT2D eigenvalue weighted by molar-refractivity contribution is 0.103. The first-order chi connectivity index (χ1) is 8.70. The normalized spacial score (nSPS) is 15.9. The van der Waals surface area contributed by atoms with Crippen molar-refractivity contribution in [3.8, 4) is 0 Å². The summed E-state index contributed by atoms with van der Waals surface area (Å²) in [5.74, 6) is -0.0326. The highest BCUT2D eigenvalue weighted by atomic mass is 16.3. The van der Waals surface area contributed by atoms with Crippen LogP contribution in [-0.4, -0.2) is 5.11 Å². The van der Waals surface area contributed by atoms with E-state index >= 15 is 0 Å². The van der Waals surface area contributed by atoms with Gasteiger partial charge in [-0.25, -0.2) is 0 Å². The molecule has 0 unspecified atom stereocenters. The van der Waals surface area contributed by atoms with Crippen molar-refractivity contribution in [2.45, 2.75) is 19.1 Å². The summed E-state index contributed by atoms with van der Waals surface area (Å²) < 4.78 is 0. The van der Waals surface area contributed by atoms with Crippen LogP contribution in [0.1, 0.15) is 30.2 Å². The van der Waals surface area contributed by atoms with E-state index in [0.29, 0.717) is 0 Å². The number of aliphatic hydroxyl groups excluding tert-OH is 1. The summed E-state index contributed by atoms with van der Waals surface area (Å²) in [6.07, 6.45) is -0.540. The fourth-order valence-electron chi connectivity index (χ4n) is 2.13. The monoisotopic (exact) mass is 241 g/mol. The molecular formula is C16H19NO. The molecule has 0 radical (unpaired) electrons. The molecule has 2 aromatic rings. The maximum atomic E-state index is 10.3. The second kappa shape index (κ2) is 5.80. The third-order valence-electron chi connectivity index (χ3n) is 3.39. The van der Waals surface area contributed by atoms with Crippen LogP contribution in [0.3, 0.4) is 0 Å².